The fraction of sp³-hybridized carbons (Fsp3) is 0.136. The van der Waals surface area contributed by atoms with Gasteiger partial charge in [-0.1, -0.05) is 18.2 Å². The third kappa shape index (κ3) is 4.96. The van der Waals surface area contributed by atoms with E-state index in [0.717, 1.165) is 0 Å². The highest BCUT2D eigenvalue weighted by Gasteiger charge is 2.20. The van der Waals surface area contributed by atoms with Crippen molar-refractivity contribution >= 4 is 17.9 Å². The molecule has 1 amide bonds. The molecule has 31 heavy (non-hydrogen) atoms. The molecule has 2 aliphatic heterocycles. The molecule has 3 heterocycles. The maximum Gasteiger partial charge on any atom is 0.255 e. The van der Waals surface area contributed by atoms with E-state index in [4.69, 9.17) is 14.7 Å². The van der Waals surface area contributed by atoms with E-state index in [1.54, 1.807) is 30.5 Å². The number of rotatable bonds is 6. The molecule has 4 rings (SSSR count). The minimum Gasteiger partial charge on any atom is -0.467 e. The second-order valence-electron chi connectivity index (χ2n) is 6.68. The number of allylic oxidation sites excluding steroid dienone is 3. The molecule has 0 bridgehead atoms. The summed E-state index contributed by atoms with van der Waals surface area (Å²) in [6, 6.07) is 7.42. The molecule has 158 valence electrons. The Bertz CT molecular complexity index is 1110. The molecule has 8 nitrogen and oxygen atoms in total. The van der Waals surface area contributed by atoms with Gasteiger partial charge >= 0.3 is 0 Å². The first-order chi connectivity index (χ1) is 15.1. The molecule has 0 saturated carbocycles. The Hall–Kier alpha value is -3.98. The average Bonchev–Trinajstić information content (AvgIpc) is 2.81. The summed E-state index contributed by atoms with van der Waals surface area (Å²) in [5, 5.41) is 11.6. The van der Waals surface area contributed by atoms with Crippen molar-refractivity contribution in [3.8, 4) is 11.5 Å². The number of carbonyl (C=O) groups excluding carboxylic acids is 1. The van der Waals surface area contributed by atoms with Crippen LogP contribution in [0.2, 0.25) is 0 Å². The molecule has 1 unspecified atom stereocenters. The van der Waals surface area contributed by atoms with Gasteiger partial charge in [0, 0.05) is 30.5 Å². The summed E-state index contributed by atoms with van der Waals surface area (Å²) in [7, 11) is 0. The molecule has 0 fully saturated rings. The molecule has 0 radical (unpaired) electrons. The van der Waals surface area contributed by atoms with Crippen molar-refractivity contribution in [2.24, 2.45) is 4.99 Å². The first-order valence-electron chi connectivity index (χ1n) is 9.49. The molecule has 2 aromatic rings. The van der Waals surface area contributed by atoms with Crippen molar-refractivity contribution < 1.29 is 23.9 Å². The predicted octanol–water partition coefficient (Wildman–Crippen LogP) is 3.80. The van der Waals surface area contributed by atoms with E-state index in [-0.39, 0.29) is 23.4 Å². The van der Waals surface area contributed by atoms with Gasteiger partial charge in [0.05, 0.1) is 6.54 Å². The topological polar surface area (TPSA) is 105 Å². The summed E-state index contributed by atoms with van der Waals surface area (Å²) >= 11 is 0. The van der Waals surface area contributed by atoms with Gasteiger partial charge in [0.2, 0.25) is 0 Å². The molecule has 1 aromatic heterocycles. The largest absolute Gasteiger partial charge is 0.467 e. The monoisotopic (exact) mass is 422 g/mol. The standard InChI is InChI=1S/C22H19FN4O4/c23-17-11-14(6-7-19(17)30-16-8-10-25-20(12-16)27-29)18-4-1-5-21(31-18)26-22(28)15-3-2-9-24-13-15/h1,3-12,18,29H,2,13H2,(H,25,27)(H,26,28). The van der Waals surface area contributed by atoms with Crippen LogP contribution in [0.1, 0.15) is 18.1 Å². The lowest BCUT2D eigenvalue weighted by Gasteiger charge is -2.22. The second kappa shape index (κ2) is 9.23. The molecule has 0 saturated heterocycles. The Balaban J connectivity index is 1.42. The van der Waals surface area contributed by atoms with E-state index in [9.17, 15) is 9.18 Å². The maximum absolute atomic E-state index is 14.6. The lowest BCUT2D eigenvalue weighted by molar-refractivity contribution is -0.117. The molecule has 9 heteroatoms. The normalized spacial score (nSPS) is 17.3. The van der Waals surface area contributed by atoms with E-state index in [0.29, 0.717) is 29.9 Å². The number of amides is 1. The Kier molecular flexibility index (Phi) is 6.04. The van der Waals surface area contributed by atoms with Gasteiger partial charge in [-0.3, -0.25) is 25.8 Å². The number of aliphatic imine (C=N–C) groups is 1. The zero-order valence-corrected chi connectivity index (χ0v) is 16.3. The Morgan fingerprint density at radius 2 is 2.19 bits per heavy atom. The lowest BCUT2D eigenvalue weighted by atomic mass is 10.1. The van der Waals surface area contributed by atoms with Crippen LogP contribution >= 0.6 is 0 Å². The third-order valence-corrected chi connectivity index (χ3v) is 4.53. The summed E-state index contributed by atoms with van der Waals surface area (Å²) in [5.41, 5.74) is 3.03. The minimum absolute atomic E-state index is 0.00693. The molecular weight excluding hydrogens is 403 g/mol. The number of nitrogens with one attached hydrogen (secondary N) is 2. The summed E-state index contributed by atoms with van der Waals surface area (Å²) in [6.07, 6.45) is 10.1. The highest BCUT2D eigenvalue weighted by molar-refractivity contribution is 5.96. The van der Waals surface area contributed by atoms with Crippen molar-refractivity contribution in [1.82, 2.24) is 10.3 Å². The second-order valence-corrected chi connectivity index (χ2v) is 6.68. The molecular formula is C22H19FN4O4. The lowest BCUT2D eigenvalue weighted by Crippen LogP contribution is -2.28. The van der Waals surface area contributed by atoms with Crippen LogP contribution in [-0.2, 0) is 9.53 Å². The molecule has 1 aromatic carbocycles. The van der Waals surface area contributed by atoms with Crippen LogP contribution in [0.5, 0.6) is 11.5 Å². The number of benzene rings is 1. The van der Waals surface area contributed by atoms with Gasteiger partial charge in [0.25, 0.3) is 5.91 Å². The zero-order valence-electron chi connectivity index (χ0n) is 16.3. The quantitative estimate of drug-likeness (QED) is 0.612. The van der Waals surface area contributed by atoms with Crippen molar-refractivity contribution in [2.75, 3.05) is 12.0 Å². The van der Waals surface area contributed by atoms with Gasteiger partial charge in [-0.05, 0) is 35.9 Å². The first kappa shape index (κ1) is 20.3. The maximum atomic E-state index is 14.6. The summed E-state index contributed by atoms with van der Waals surface area (Å²) in [5.74, 6) is -0.105. The van der Waals surface area contributed by atoms with Gasteiger partial charge < -0.3 is 9.47 Å². The highest BCUT2D eigenvalue weighted by Crippen LogP contribution is 2.31. The van der Waals surface area contributed by atoms with Crippen LogP contribution in [-0.4, -0.2) is 28.9 Å². The minimum atomic E-state index is -0.588. The molecule has 0 spiro atoms. The molecule has 1 atom stereocenters. The number of pyridine rings is 1. The zero-order chi connectivity index (χ0) is 21.6. The fourth-order valence-corrected chi connectivity index (χ4v) is 3.00. The Morgan fingerprint density at radius 1 is 1.29 bits per heavy atom. The van der Waals surface area contributed by atoms with Gasteiger partial charge in [-0.2, -0.15) is 0 Å². The number of hydrogen-bond acceptors (Lipinski definition) is 7. The summed E-state index contributed by atoms with van der Waals surface area (Å²) in [4.78, 5) is 20.3. The van der Waals surface area contributed by atoms with Gasteiger partial charge in [-0.25, -0.2) is 9.37 Å². The summed E-state index contributed by atoms with van der Waals surface area (Å²) < 4.78 is 26.0. The number of hydrogen-bond donors (Lipinski definition) is 3. The van der Waals surface area contributed by atoms with Crippen LogP contribution in [0.4, 0.5) is 10.2 Å². The van der Waals surface area contributed by atoms with Gasteiger partial charge in [-0.15, -0.1) is 0 Å². The van der Waals surface area contributed by atoms with E-state index in [1.807, 2.05) is 11.6 Å². The molecule has 3 N–H and O–H groups in total. The number of dihydropyridines is 1. The van der Waals surface area contributed by atoms with Gasteiger partial charge in [0.15, 0.2) is 23.3 Å². The molecule has 2 aliphatic rings. The van der Waals surface area contributed by atoms with Gasteiger partial charge in [0.1, 0.15) is 11.9 Å². The predicted molar refractivity (Wildman–Crippen MR) is 111 cm³/mol. The number of anilines is 1. The Labute approximate surface area is 177 Å². The first-order valence-corrected chi connectivity index (χ1v) is 9.49. The van der Waals surface area contributed by atoms with Crippen LogP contribution in [0, 0.1) is 5.82 Å². The van der Waals surface area contributed by atoms with E-state index >= 15 is 0 Å². The SMILES string of the molecule is O=C(NC1=CC=CC(c2ccc(Oc3ccnc(NO)c3)c(F)c2)O1)C1=CCC=NC1. The number of carbonyl (C=O) groups is 1. The van der Waals surface area contributed by atoms with Crippen molar-refractivity contribution in [3.05, 3.63) is 83.7 Å². The van der Waals surface area contributed by atoms with E-state index < -0.39 is 11.9 Å². The molecule has 0 aliphatic carbocycles. The van der Waals surface area contributed by atoms with Crippen molar-refractivity contribution in [1.29, 1.82) is 0 Å². The number of ether oxygens (including phenoxy) is 2. The van der Waals surface area contributed by atoms with Crippen molar-refractivity contribution in [2.45, 2.75) is 12.5 Å². The van der Waals surface area contributed by atoms with Crippen LogP contribution in [0.25, 0.3) is 0 Å². The average molecular weight is 422 g/mol. The third-order valence-electron chi connectivity index (χ3n) is 4.53. The number of aromatic nitrogens is 1. The van der Waals surface area contributed by atoms with E-state index in [1.165, 1.54) is 30.5 Å². The number of halogens is 1. The van der Waals surface area contributed by atoms with Crippen LogP contribution in [0.15, 0.2) is 77.3 Å². The summed E-state index contributed by atoms with van der Waals surface area (Å²) in [6.45, 7) is 0.332. The van der Waals surface area contributed by atoms with Crippen molar-refractivity contribution in [3.63, 3.8) is 0 Å². The highest BCUT2D eigenvalue weighted by atomic mass is 19.1. The number of nitrogens with zero attached hydrogens (tertiary/aromatic N) is 2. The van der Waals surface area contributed by atoms with E-state index in [2.05, 4.69) is 15.3 Å². The smallest absolute Gasteiger partial charge is 0.255 e. The Morgan fingerprint density at radius 3 is 2.97 bits per heavy atom. The van der Waals surface area contributed by atoms with Crippen LogP contribution in [0.3, 0.4) is 0 Å². The van der Waals surface area contributed by atoms with Crippen LogP contribution < -0.4 is 15.5 Å². The fourth-order valence-electron chi connectivity index (χ4n) is 3.00.